The zero-order valence-corrected chi connectivity index (χ0v) is 13.0. The van der Waals surface area contributed by atoms with Gasteiger partial charge in [0.25, 0.3) is 0 Å². The van der Waals surface area contributed by atoms with E-state index in [4.69, 9.17) is 5.14 Å². The van der Waals surface area contributed by atoms with Gasteiger partial charge in [0, 0.05) is 11.7 Å². The van der Waals surface area contributed by atoms with Crippen LogP contribution in [0.25, 0.3) is 0 Å². The first-order chi connectivity index (χ1) is 10.1. The monoisotopic (exact) mass is 336 g/mol. The third kappa shape index (κ3) is 4.13. The van der Waals surface area contributed by atoms with Gasteiger partial charge in [0.1, 0.15) is 0 Å². The lowest BCUT2D eigenvalue weighted by molar-refractivity contribution is -0.137. The first-order valence-corrected chi connectivity index (χ1v) is 8.62. The normalized spacial score (nSPS) is 23.3. The van der Waals surface area contributed by atoms with Crippen molar-refractivity contribution in [3.8, 4) is 0 Å². The maximum Gasteiger partial charge on any atom is 0.418 e. The number of halogens is 3. The molecule has 2 rings (SSSR count). The molecule has 0 radical (unpaired) electrons. The Morgan fingerprint density at radius 2 is 1.77 bits per heavy atom. The molecule has 0 amide bonds. The third-order valence-electron chi connectivity index (χ3n) is 4.00. The van der Waals surface area contributed by atoms with Gasteiger partial charge >= 0.3 is 6.18 Å². The van der Waals surface area contributed by atoms with Crippen LogP contribution in [0.2, 0.25) is 0 Å². The number of hydrogen-bond acceptors (Lipinski definition) is 3. The first kappa shape index (κ1) is 17.1. The van der Waals surface area contributed by atoms with E-state index in [1.807, 2.05) is 0 Å². The Kier molecular flexibility index (Phi) is 4.72. The summed E-state index contributed by atoms with van der Waals surface area (Å²) in [5.41, 5.74) is -1.10. The van der Waals surface area contributed by atoms with Crippen molar-refractivity contribution in [1.82, 2.24) is 0 Å². The van der Waals surface area contributed by atoms with Crippen molar-refractivity contribution < 1.29 is 21.6 Å². The molecule has 0 spiro atoms. The number of benzene rings is 1. The maximum absolute atomic E-state index is 13.2. The third-order valence-corrected chi connectivity index (χ3v) is 4.91. The average molecular weight is 336 g/mol. The molecule has 0 aliphatic heterocycles. The fraction of sp³-hybridized carbons (Fsp3) is 0.571. The second-order valence-electron chi connectivity index (χ2n) is 5.85. The van der Waals surface area contributed by atoms with E-state index >= 15 is 0 Å². The Bertz CT molecular complexity index is 636. The molecule has 0 bridgehead atoms. The molecule has 1 aliphatic rings. The molecule has 124 valence electrons. The predicted octanol–water partition coefficient (Wildman–Crippen LogP) is 3.34. The molecule has 0 heterocycles. The fourth-order valence-electron chi connectivity index (χ4n) is 2.69. The molecule has 0 aromatic heterocycles. The molecule has 8 heteroatoms. The highest BCUT2D eigenvalue weighted by molar-refractivity contribution is 7.89. The molecule has 1 aromatic carbocycles. The summed E-state index contributed by atoms with van der Waals surface area (Å²) in [6.07, 6.45) is -1.11. The summed E-state index contributed by atoms with van der Waals surface area (Å²) in [5, 5.41) is 7.80. The van der Waals surface area contributed by atoms with E-state index in [-0.39, 0.29) is 11.7 Å². The van der Waals surface area contributed by atoms with Crippen LogP contribution in [0.4, 0.5) is 18.9 Å². The summed E-state index contributed by atoms with van der Waals surface area (Å²) in [6, 6.07) is 2.79. The summed E-state index contributed by atoms with van der Waals surface area (Å²) in [7, 11) is -4.17. The predicted molar refractivity (Wildman–Crippen MR) is 77.9 cm³/mol. The lowest BCUT2D eigenvalue weighted by Gasteiger charge is -2.29. The summed E-state index contributed by atoms with van der Waals surface area (Å²) < 4.78 is 62.0. The molecule has 0 saturated heterocycles. The highest BCUT2D eigenvalue weighted by atomic mass is 32.2. The van der Waals surface area contributed by atoms with Crippen LogP contribution in [0.1, 0.15) is 38.2 Å². The number of hydrogen-bond donors (Lipinski definition) is 2. The quantitative estimate of drug-likeness (QED) is 0.889. The standard InChI is InChI=1S/C14H19F3N2O2S/c1-9-2-4-10(5-3-9)19-13-7-6-11(22(18,20)21)8-12(13)14(15,16)17/h6-10,19H,2-5H2,1H3,(H2,18,20,21). The SMILES string of the molecule is CC1CCC(Nc2ccc(S(N)(=O)=O)cc2C(F)(F)F)CC1. The minimum Gasteiger partial charge on any atom is -0.382 e. The van der Waals surface area contributed by atoms with Crippen molar-refractivity contribution in [2.45, 2.75) is 49.7 Å². The number of nitrogens with two attached hydrogens (primary N) is 1. The first-order valence-electron chi connectivity index (χ1n) is 7.08. The van der Waals surface area contributed by atoms with Crippen LogP contribution in [0, 0.1) is 5.92 Å². The number of anilines is 1. The van der Waals surface area contributed by atoms with Gasteiger partial charge in [-0.3, -0.25) is 0 Å². The van der Waals surface area contributed by atoms with Gasteiger partial charge in [0.05, 0.1) is 10.5 Å². The van der Waals surface area contributed by atoms with Crippen molar-refractivity contribution in [2.75, 3.05) is 5.32 Å². The molecule has 4 nitrogen and oxygen atoms in total. The molecule has 1 aromatic rings. The van der Waals surface area contributed by atoms with Gasteiger partial charge in [0.2, 0.25) is 10.0 Å². The van der Waals surface area contributed by atoms with E-state index in [0.717, 1.165) is 37.8 Å². The zero-order chi connectivity index (χ0) is 16.5. The van der Waals surface area contributed by atoms with E-state index in [1.54, 1.807) is 0 Å². The smallest absolute Gasteiger partial charge is 0.382 e. The van der Waals surface area contributed by atoms with Gasteiger partial charge in [-0.05, 0) is 49.8 Å². The van der Waals surface area contributed by atoms with Gasteiger partial charge in [-0.15, -0.1) is 0 Å². The van der Waals surface area contributed by atoms with Gasteiger partial charge in [0.15, 0.2) is 0 Å². The van der Waals surface area contributed by atoms with Gasteiger partial charge < -0.3 is 5.32 Å². The highest BCUT2D eigenvalue weighted by Crippen LogP contribution is 2.37. The molecule has 1 aliphatic carbocycles. The summed E-state index contributed by atoms with van der Waals surface area (Å²) in [6.45, 7) is 2.12. The lowest BCUT2D eigenvalue weighted by atomic mass is 9.87. The Morgan fingerprint density at radius 1 is 1.18 bits per heavy atom. The Balaban J connectivity index is 2.31. The molecule has 22 heavy (non-hydrogen) atoms. The van der Waals surface area contributed by atoms with Crippen LogP contribution < -0.4 is 10.5 Å². The van der Waals surface area contributed by atoms with E-state index in [0.29, 0.717) is 12.0 Å². The number of sulfonamides is 1. The number of alkyl halides is 3. The van der Waals surface area contributed by atoms with Crippen LogP contribution in [0.5, 0.6) is 0 Å². The van der Waals surface area contributed by atoms with Crippen molar-refractivity contribution in [3.63, 3.8) is 0 Å². The topological polar surface area (TPSA) is 72.2 Å². The molecule has 1 fully saturated rings. The van der Waals surface area contributed by atoms with Crippen LogP contribution >= 0.6 is 0 Å². The summed E-state index contributed by atoms with van der Waals surface area (Å²) >= 11 is 0. The van der Waals surface area contributed by atoms with Gasteiger partial charge in [-0.1, -0.05) is 6.92 Å². The average Bonchev–Trinajstić information content (AvgIpc) is 2.39. The minimum atomic E-state index is -4.65. The molecule has 3 N–H and O–H groups in total. The van der Waals surface area contributed by atoms with Crippen molar-refractivity contribution in [1.29, 1.82) is 0 Å². The lowest BCUT2D eigenvalue weighted by Crippen LogP contribution is -2.26. The van der Waals surface area contributed by atoms with E-state index in [9.17, 15) is 21.6 Å². The van der Waals surface area contributed by atoms with E-state index < -0.39 is 26.7 Å². The largest absolute Gasteiger partial charge is 0.418 e. The molecule has 0 atom stereocenters. The Morgan fingerprint density at radius 3 is 2.27 bits per heavy atom. The number of primary sulfonamides is 1. The molecular formula is C14H19F3N2O2S. The van der Waals surface area contributed by atoms with Crippen LogP contribution in [0.15, 0.2) is 23.1 Å². The van der Waals surface area contributed by atoms with Crippen LogP contribution in [0.3, 0.4) is 0 Å². The Hall–Kier alpha value is -1.28. The maximum atomic E-state index is 13.2. The Labute approximate surface area is 127 Å². The second-order valence-corrected chi connectivity index (χ2v) is 7.41. The fourth-order valence-corrected chi connectivity index (χ4v) is 3.22. The van der Waals surface area contributed by atoms with E-state index in [2.05, 4.69) is 12.2 Å². The van der Waals surface area contributed by atoms with Gasteiger partial charge in [-0.2, -0.15) is 13.2 Å². The van der Waals surface area contributed by atoms with Crippen molar-refractivity contribution >= 4 is 15.7 Å². The highest BCUT2D eigenvalue weighted by Gasteiger charge is 2.35. The molecule has 1 saturated carbocycles. The number of rotatable bonds is 3. The van der Waals surface area contributed by atoms with Crippen LogP contribution in [-0.2, 0) is 16.2 Å². The number of nitrogens with one attached hydrogen (secondary N) is 1. The van der Waals surface area contributed by atoms with Gasteiger partial charge in [-0.25, -0.2) is 13.6 Å². The van der Waals surface area contributed by atoms with Crippen molar-refractivity contribution in [3.05, 3.63) is 23.8 Å². The van der Waals surface area contributed by atoms with Crippen molar-refractivity contribution in [2.24, 2.45) is 11.1 Å². The molecular weight excluding hydrogens is 317 g/mol. The van der Waals surface area contributed by atoms with E-state index in [1.165, 1.54) is 0 Å². The van der Waals surface area contributed by atoms with Crippen LogP contribution in [-0.4, -0.2) is 14.5 Å². The zero-order valence-electron chi connectivity index (χ0n) is 12.2. The molecule has 0 unspecified atom stereocenters. The minimum absolute atomic E-state index is 0.0300. The summed E-state index contributed by atoms with van der Waals surface area (Å²) in [5.74, 6) is 0.588. The summed E-state index contributed by atoms with van der Waals surface area (Å²) in [4.78, 5) is -0.539. The second kappa shape index (κ2) is 6.08.